The number of aryl methyl sites for hydroxylation is 1. The van der Waals surface area contributed by atoms with Crippen LogP contribution in [0.25, 0.3) is 0 Å². The van der Waals surface area contributed by atoms with E-state index in [1.807, 2.05) is 25.1 Å². The summed E-state index contributed by atoms with van der Waals surface area (Å²) in [6.07, 6.45) is 5.11. The summed E-state index contributed by atoms with van der Waals surface area (Å²) >= 11 is 0. The molecular formula is C27H26N2O5S. The van der Waals surface area contributed by atoms with Crippen LogP contribution in [0.15, 0.2) is 77.7 Å². The fourth-order valence-corrected chi connectivity index (χ4v) is 6.10. The summed E-state index contributed by atoms with van der Waals surface area (Å²) in [5.41, 5.74) is 4.37. The van der Waals surface area contributed by atoms with Gasteiger partial charge < -0.3 is 15.2 Å². The molecule has 1 aliphatic carbocycles. The van der Waals surface area contributed by atoms with Crippen LogP contribution in [-0.2, 0) is 10.0 Å². The molecule has 3 N–H and O–H groups in total. The zero-order valence-electron chi connectivity index (χ0n) is 19.4. The fourth-order valence-electron chi connectivity index (χ4n) is 5.01. The minimum absolute atomic E-state index is 0.0116. The number of hydrogen-bond acceptors (Lipinski definition) is 5. The second-order valence-corrected chi connectivity index (χ2v) is 10.6. The minimum Gasteiger partial charge on any atom is -0.495 e. The highest BCUT2D eigenvalue weighted by atomic mass is 32.2. The normalized spacial score (nSPS) is 20.5. The third-order valence-electron chi connectivity index (χ3n) is 6.76. The molecule has 5 rings (SSSR count). The quantitative estimate of drug-likeness (QED) is 0.404. The Balaban J connectivity index is 1.47. The molecule has 0 unspecified atom stereocenters. The summed E-state index contributed by atoms with van der Waals surface area (Å²) in [5, 5.41) is 12.8. The van der Waals surface area contributed by atoms with Crippen molar-refractivity contribution in [1.82, 2.24) is 0 Å². The molecule has 35 heavy (non-hydrogen) atoms. The van der Waals surface area contributed by atoms with Crippen molar-refractivity contribution in [3.05, 3.63) is 95.1 Å². The molecular weight excluding hydrogens is 464 g/mol. The molecule has 3 atom stereocenters. The molecule has 0 saturated heterocycles. The monoisotopic (exact) mass is 490 g/mol. The van der Waals surface area contributed by atoms with Crippen molar-refractivity contribution in [2.24, 2.45) is 5.92 Å². The van der Waals surface area contributed by atoms with Crippen LogP contribution in [0.2, 0.25) is 0 Å². The molecule has 1 heterocycles. The van der Waals surface area contributed by atoms with Gasteiger partial charge in [0.1, 0.15) is 5.75 Å². The number of carboxylic acids is 1. The van der Waals surface area contributed by atoms with Crippen LogP contribution in [0.5, 0.6) is 5.75 Å². The number of aromatic carboxylic acids is 1. The first-order valence-electron chi connectivity index (χ1n) is 11.3. The van der Waals surface area contributed by atoms with E-state index in [1.54, 1.807) is 42.5 Å². The summed E-state index contributed by atoms with van der Waals surface area (Å²) in [6.45, 7) is 1.89. The number of rotatable bonds is 6. The van der Waals surface area contributed by atoms with Crippen LogP contribution < -0.4 is 14.8 Å². The fraction of sp³-hybridized carbons (Fsp3) is 0.222. The molecule has 7 nitrogen and oxygen atoms in total. The maximum atomic E-state index is 13.3. The topological polar surface area (TPSA) is 105 Å². The van der Waals surface area contributed by atoms with Crippen molar-refractivity contribution < 1.29 is 23.1 Å². The number of nitrogens with one attached hydrogen (secondary N) is 2. The predicted octanol–water partition coefficient (Wildman–Crippen LogP) is 5.33. The first-order valence-corrected chi connectivity index (χ1v) is 12.8. The van der Waals surface area contributed by atoms with Gasteiger partial charge in [-0.1, -0.05) is 30.4 Å². The van der Waals surface area contributed by atoms with Gasteiger partial charge in [0.25, 0.3) is 10.0 Å². The lowest BCUT2D eigenvalue weighted by atomic mass is 9.77. The van der Waals surface area contributed by atoms with Crippen molar-refractivity contribution in [2.45, 2.75) is 30.2 Å². The van der Waals surface area contributed by atoms with Gasteiger partial charge in [-0.25, -0.2) is 13.2 Å². The highest BCUT2D eigenvalue weighted by molar-refractivity contribution is 7.92. The van der Waals surface area contributed by atoms with Gasteiger partial charge in [-0.15, -0.1) is 0 Å². The first kappa shape index (κ1) is 23.0. The van der Waals surface area contributed by atoms with E-state index in [4.69, 9.17) is 4.74 Å². The Kier molecular flexibility index (Phi) is 5.76. The third kappa shape index (κ3) is 4.25. The van der Waals surface area contributed by atoms with Crippen molar-refractivity contribution in [1.29, 1.82) is 0 Å². The molecule has 1 aliphatic heterocycles. The van der Waals surface area contributed by atoms with Gasteiger partial charge in [0.05, 0.1) is 29.3 Å². The second-order valence-electron chi connectivity index (χ2n) is 8.96. The zero-order chi connectivity index (χ0) is 24.7. The lowest BCUT2D eigenvalue weighted by Crippen LogP contribution is -2.29. The molecule has 0 aromatic heterocycles. The summed E-state index contributed by atoms with van der Waals surface area (Å²) in [4.78, 5) is 11.4. The van der Waals surface area contributed by atoms with Gasteiger partial charge in [-0.2, -0.15) is 0 Å². The Labute approximate surface area is 204 Å². The summed E-state index contributed by atoms with van der Waals surface area (Å²) < 4.78 is 34.6. The number of methoxy groups -OCH3 is 1. The minimum atomic E-state index is -3.84. The van der Waals surface area contributed by atoms with Crippen molar-refractivity contribution in [3.63, 3.8) is 0 Å². The number of hydrogen-bond donors (Lipinski definition) is 3. The van der Waals surface area contributed by atoms with Gasteiger partial charge in [0.2, 0.25) is 0 Å². The highest BCUT2D eigenvalue weighted by Crippen LogP contribution is 2.50. The molecule has 180 valence electrons. The average molecular weight is 491 g/mol. The number of sulfonamides is 1. The van der Waals surface area contributed by atoms with Gasteiger partial charge in [0.15, 0.2) is 0 Å². The molecule has 3 aromatic rings. The van der Waals surface area contributed by atoms with Crippen molar-refractivity contribution in [2.75, 3.05) is 17.1 Å². The highest BCUT2D eigenvalue weighted by Gasteiger charge is 2.38. The Hall–Kier alpha value is -3.78. The SMILES string of the molecule is COc1ccc(C)cc1NS(=O)(=O)c1ccc2c(c1)[C@H]1C=CC[C@H]1[C@@H](c1ccc(C(=O)O)cc1)N2. The predicted molar refractivity (Wildman–Crippen MR) is 135 cm³/mol. The van der Waals surface area contributed by atoms with E-state index in [0.29, 0.717) is 11.4 Å². The lowest BCUT2D eigenvalue weighted by Gasteiger charge is -2.37. The van der Waals surface area contributed by atoms with E-state index in [2.05, 4.69) is 22.2 Å². The van der Waals surface area contributed by atoms with E-state index in [1.165, 1.54) is 7.11 Å². The van der Waals surface area contributed by atoms with Gasteiger partial charge in [-0.3, -0.25) is 4.72 Å². The number of ether oxygens (including phenoxy) is 1. The third-order valence-corrected chi connectivity index (χ3v) is 8.12. The van der Waals surface area contributed by atoms with Crippen LogP contribution >= 0.6 is 0 Å². The summed E-state index contributed by atoms with van der Waals surface area (Å²) in [6, 6.07) is 17.4. The van der Waals surface area contributed by atoms with Gasteiger partial charge in [-0.05, 0) is 78.4 Å². The lowest BCUT2D eigenvalue weighted by molar-refractivity contribution is 0.0697. The largest absolute Gasteiger partial charge is 0.495 e. The van der Waals surface area contributed by atoms with Crippen LogP contribution in [0.3, 0.4) is 0 Å². The molecule has 0 fully saturated rings. The van der Waals surface area contributed by atoms with Crippen LogP contribution in [0.4, 0.5) is 11.4 Å². The summed E-state index contributed by atoms with van der Waals surface area (Å²) in [7, 11) is -2.34. The van der Waals surface area contributed by atoms with Crippen LogP contribution in [0, 0.1) is 12.8 Å². The van der Waals surface area contributed by atoms with E-state index in [9.17, 15) is 18.3 Å². The Morgan fingerprint density at radius 3 is 2.57 bits per heavy atom. The average Bonchev–Trinajstić information content (AvgIpc) is 3.33. The number of allylic oxidation sites excluding steroid dienone is 2. The van der Waals surface area contributed by atoms with E-state index >= 15 is 0 Å². The Bertz CT molecular complexity index is 1430. The van der Waals surface area contributed by atoms with Crippen LogP contribution in [-0.4, -0.2) is 26.6 Å². The maximum absolute atomic E-state index is 13.3. The number of benzene rings is 3. The number of carbonyl (C=O) groups is 1. The van der Waals surface area contributed by atoms with Crippen molar-refractivity contribution in [3.8, 4) is 5.75 Å². The molecule has 8 heteroatoms. The first-order chi connectivity index (χ1) is 16.8. The van der Waals surface area contributed by atoms with E-state index in [-0.39, 0.29) is 28.3 Å². The number of fused-ring (bicyclic) bond motifs is 3. The smallest absolute Gasteiger partial charge is 0.335 e. The molecule has 2 aliphatic rings. The Morgan fingerprint density at radius 1 is 1.09 bits per heavy atom. The Morgan fingerprint density at radius 2 is 1.86 bits per heavy atom. The molecule has 3 aromatic carbocycles. The van der Waals surface area contributed by atoms with Gasteiger partial charge >= 0.3 is 5.97 Å². The van der Waals surface area contributed by atoms with E-state index in [0.717, 1.165) is 28.8 Å². The number of carboxylic acid groups (broad SMARTS) is 1. The second kappa shape index (κ2) is 8.78. The standard InChI is InChI=1S/C27H26N2O5S/c1-16-6-13-25(34-2)24(14-16)29-35(32,33)19-11-12-23-22(15-19)20-4-3-5-21(20)26(28-23)17-7-9-18(10-8-17)27(30)31/h3-4,6-15,20-21,26,28-29H,5H2,1-2H3,(H,30,31)/t20-,21+,26+/m0/s1. The maximum Gasteiger partial charge on any atom is 0.335 e. The molecule has 0 radical (unpaired) electrons. The zero-order valence-corrected chi connectivity index (χ0v) is 20.2. The molecule has 0 saturated carbocycles. The summed E-state index contributed by atoms with van der Waals surface area (Å²) in [5.74, 6) is -0.251. The van der Waals surface area contributed by atoms with Crippen molar-refractivity contribution >= 4 is 27.4 Å². The molecule has 0 bridgehead atoms. The molecule has 0 spiro atoms. The number of anilines is 2. The van der Waals surface area contributed by atoms with Gasteiger partial charge in [0, 0.05) is 11.6 Å². The molecule has 0 amide bonds. The van der Waals surface area contributed by atoms with Crippen LogP contribution in [0.1, 0.15) is 45.4 Å². The van der Waals surface area contributed by atoms with E-state index < -0.39 is 16.0 Å².